The zero-order valence-electron chi connectivity index (χ0n) is 18.6. The van der Waals surface area contributed by atoms with Gasteiger partial charge in [0.2, 0.25) is 5.75 Å². The molecular formula is C24H26FN5O3. The molecule has 1 aliphatic rings. The molecule has 8 nitrogen and oxygen atoms in total. The summed E-state index contributed by atoms with van der Waals surface area (Å²) in [5.74, 6) is -0.924. The minimum Gasteiger partial charge on any atom is -0.486 e. The summed E-state index contributed by atoms with van der Waals surface area (Å²) < 4.78 is 20.3. The van der Waals surface area contributed by atoms with Crippen LogP contribution in [0.4, 0.5) is 4.39 Å². The highest BCUT2D eigenvalue weighted by atomic mass is 19.1. The number of carbonyl (C=O) groups excluding carboxylic acids is 1. The maximum atomic E-state index is 13.3. The Morgan fingerprint density at radius 2 is 2.12 bits per heavy atom. The van der Waals surface area contributed by atoms with Gasteiger partial charge in [-0.05, 0) is 30.2 Å². The predicted octanol–water partition coefficient (Wildman–Crippen LogP) is 2.56. The monoisotopic (exact) mass is 451 g/mol. The molecule has 33 heavy (non-hydrogen) atoms. The molecule has 0 bridgehead atoms. The maximum absolute atomic E-state index is 13.3. The van der Waals surface area contributed by atoms with Crippen LogP contribution >= 0.6 is 0 Å². The number of carbonyl (C=O) groups is 1. The Hall–Kier alpha value is -3.93. The first kappa shape index (κ1) is 23.7. The van der Waals surface area contributed by atoms with Crippen molar-refractivity contribution in [1.82, 2.24) is 20.2 Å². The Balaban J connectivity index is 1.96. The lowest BCUT2D eigenvalue weighted by Gasteiger charge is -2.18. The second-order valence-electron chi connectivity index (χ2n) is 7.48. The number of hydrogen-bond donors (Lipinski definition) is 2. The van der Waals surface area contributed by atoms with E-state index in [2.05, 4.69) is 15.6 Å². The quantitative estimate of drug-likeness (QED) is 0.567. The van der Waals surface area contributed by atoms with Crippen molar-refractivity contribution < 1.29 is 13.9 Å². The highest BCUT2D eigenvalue weighted by Crippen LogP contribution is 2.19. The summed E-state index contributed by atoms with van der Waals surface area (Å²) in [4.78, 5) is 30.9. The predicted molar refractivity (Wildman–Crippen MR) is 122 cm³/mol. The summed E-state index contributed by atoms with van der Waals surface area (Å²) in [6.45, 7) is 2.52. The van der Waals surface area contributed by atoms with Gasteiger partial charge in [0.25, 0.3) is 11.5 Å². The van der Waals surface area contributed by atoms with E-state index in [-0.39, 0.29) is 36.8 Å². The summed E-state index contributed by atoms with van der Waals surface area (Å²) in [5.41, 5.74) is 0.605. The maximum Gasteiger partial charge on any atom is 0.297 e. The molecule has 0 saturated heterocycles. The van der Waals surface area contributed by atoms with Gasteiger partial charge >= 0.3 is 0 Å². The summed E-state index contributed by atoms with van der Waals surface area (Å²) in [6.07, 6.45) is 7.09. The number of nitriles is 1. The molecule has 1 aromatic heterocycles. The third kappa shape index (κ3) is 5.66. The van der Waals surface area contributed by atoms with Crippen LogP contribution < -0.4 is 20.9 Å². The second-order valence-corrected chi connectivity index (χ2v) is 7.48. The number of aromatic nitrogens is 2. The SMILES string of the molecule is CCCCOc1c(C(=O)NC(C#N)Cc2ccc(F)cc2)nc2n(c1=O)CC=CC=C2NC. The summed E-state index contributed by atoms with van der Waals surface area (Å²) in [7, 11) is 1.70. The fraction of sp³-hybridized carbons (Fsp3) is 0.333. The van der Waals surface area contributed by atoms with Crippen LogP contribution in [0, 0.1) is 17.1 Å². The van der Waals surface area contributed by atoms with Crippen LogP contribution in [-0.4, -0.2) is 35.2 Å². The summed E-state index contributed by atoms with van der Waals surface area (Å²) in [5, 5.41) is 15.2. The van der Waals surface area contributed by atoms with E-state index in [4.69, 9.17) is 4.74 Å². The third-order valence-electron chi connectivity index (χ3n) is 5.10. The van der Waals surface area contributed by atoms with Crippen LogP contribution in [0.3, 0.4) is 0 Å². The molecule has 0 aliphatic carbocycles. The second kappa shape index (κ2) is 11.1. The first-order chi connectivity index (χ1) is 16.0. The van der Waals surface area contributed by atoms with Crippen molar-refractivity contribution in [3.63, 3.8) is 0 Å². The normalized spacial score (nSPS) is 13.2. The Morgan fingerprint density at radius 1 is 1.36 bits per heavy atom. The van der Waals surface area contributed by atoms with Crippen molar-refractivity contribution in [3.8, 4) is 11.8 Å². The average Bonchev–Trinajstić information content (AvgIpc) is 3.03. The lowest BCUT2D eigenvalue weighted by Crippen LogP contribution is -2.38. The van der Waals surface area contributed by atoms with E-state index in [0.717, 1.165) is 6.42 Å². The number of fused-ring (bicyclic) bond motifs is 1. The molecular weight excluding hydrogens is 425 g/mol. The lowest BCUT2D eigenvalue weighted by molar-refractivity contribution is 0.0934. The fourth-order valence-corrected chi connectivity index (χ4v) is 3.33. The molecule has 1 aromatic carbocycles. The number of rotatable bonds is 9. The van der Waals surface area contributed by atoms with Gasteiger partial charge in [-0.25, -0.2) is 9.37 Å². The summed E-state index contributed by atoms with van der Waals surface area (Å²) >= 11 is 0. The van der Waals surface area contributed by atoms with E-state index < -0.39 is 17.5 Å². The van der Waals surface area contributed by atoms with E-state index in [1.165, 1.54) is 16.7 Å². The Kier molecular flexibility index (Phi) is 7.97. The molecule has 3 rings (SSSR count). The Labute approximate surface area is 191 Å². The third-order valence-corrected chi connectivity index (χ3v) is 5.10. The molecule has 0 saturated carbocycles. The molecule has 2 aromatic rings. The van der Waals surface area contributed by atoms with Gasteiger partial charge in [0.1, 0.15) is 11.9 Å². The first-order valence-corrected chi connectivity index (χ1v) is 10.8. The Bertz CT molecular complexity index is 1160. The van der Waals surface area contributed by atoms with E-state index in [0.29, 0.717) is 23.5 Å². The van der Waals surface area contributed by atoms with E-state index in [1.807, 2.05) is 13.0 Å². The molecule has 1 atom stereocenters. The van der Waals surface area contributed by atoms with Crippen LogP contribution in [0.5, 0.6) is 5.75 Å². The average molecular weight is 452 g/mol. The van der Waals surface area contributed by atoms with Crippen molar-refractivity contribution >= 4 is 11.6 Å². The van der Waals surface area contributed by atoms with Gasteiger partial charge < -0.3 is 15.4 Å². The number of nitrogens with zero attached hydrogens (tertiary/aromatic N) is 3. The van der Waals surface area contributed by atoms with Gasteiger partial charge in [0.15, 0.2) is 11.5 Å². The zero-order valence-corrected chi connectivity index (χ0v) is 18.6. The van der Waals surface area contributed by atoms with Crippen LogP contribution in [0.1, 0.15) is 41.6 Å². The van der Waals surface area contributed by atoms with Crippen molar-refractivity contribution in [2.45, 2.75) is 38.8 Å². The molecule has 0 radical (unpaired) electrons. The van der Waals surface area contributed by atoms with Crippen molar-refractivity contribution in [2.75, 3.05) is 13.7 Å². The highest BCUT2D eigenvalue weighted by Gasteiger charge is 2.26. The largest absolute Gasteiger partial charge is 0.486 e. The number of ether oxygens (including phenoxy) is 1. The van der Waals surface area contributed by atoms with Gasteiger partial charge in [0.05, 0.1) is 18.4 Å². The minimum absolute atomic E-state index is 0.145. The minimum atomic E-state index is -0.907. The van der Waals surface area contributed by atoms with E-state index >= 15 is 0 Å². The number of nitrogens with one attached hydrogen (secondary N) is 2. The fourth-order valence-electron chi connectivity index (χ4n) is 3.33. The van der Waals surface area contributed by atoms with E-state index in [1.54, 1.807) is 37.4 Å². The molecule has 2 heterocycles. The first-order valence-electron chi connectivity index (χ1n) is 10.8. The van der Waals surface area contributed by atoms with Crippen LogP contribution in [0.15, 0.2) is 47.3 Å². The smallest absolute Gasteiger partial charge is 0.297 e. The van der Waals surface area contributed by atoms with Crippen molar-refractivity contribution in [2.24, 2.45) is 0 Å². The van der Waals surface area contributed by atoms with Crippen LogP contribution in [0.25, 0.3) is 5.70 Å². The zero-order chi connectivity index (χ0) is 23.8. The van der Waals surface area contributed by atoms with Crippen molar-refractivity contribution in [3.05, 3.63) is 75.7 Å². The number of benzene rings is 1. The molecule has 0 spiro atoms. The van der Waals surface area contributed by atoms with Crippen molar-refractivity contribution in [1.29, 1.82) is 5.26 Å². The van der Waals surface area contributed by atoms with Crippen LogP contribution in [0.2, 0.25) is 0 Å². The number of allylic oxidation sites excluding steroid dienone is 3. The van der Waals surface area contributed by atoms with Gasteiger partial charge in [-0.1, -0.05) is 37.6 Å². The molecule has 172 valence electrons. The number of halogens is 1. The molecule has 1 aliphatic heterocycles. The number of amides is 1. The Morgan fingerprint density at radius 3 is 2.79 bits per heavy atom. The highest BCUT2D eigenvalue weighted by molar-refractivity contribution is 5.95. The lowest BCUT2D eigenvalue weighted by atomic mass is 10.1. The van der Waals surface area contributed by atoms with Gasteiger partial charge in [0, 0.05) is 20.0 Å². The van der Waals surface area contributed by atoms with Gasteiger partial charge in [-0.3, -0.25) is 14.2 Å². The molecule has 9 heteroatoms. The number of hydrogen-bond acceptors (Lipinski definition) is 6. The van der Waals surface area contributed by atoms with Crippen LogP contribution in [-0.2, 0) is 13.0 Å². The van der Waals surface area contributed by atoms with E-state index in [9.17, 15) is 19.2 Å². The van der Waals surface area contributed by atoms with Gasteiger partial charge in [-0.2, -0.15) is 5.26 Å². The van der Waals surface area contributed by atoms with Gasteiger partial charge in [-0.15, -0.1) is 0 Å². The molecule has 1 unspecified atom stereocenters. The number of unbranched alkanes of at least 4 members (excludes halogenated alkanes) is 1. The summed E-state index contributed by atoms with van der Waals surface area (Å²) in [6, 6.07) is 6.81. The molecule has 1 amide bonds. The standard InChI is InChI=1S/C24H26FN5O3/c1-3-4-13-33-21-20(29-22-19(27-2)7-5-6-12-30(22)24(21)32)23(31)28-18(15-26)14-16-8-10-17(25)11-9-16/h5-11,18,27H,3-4,12-14H2,1-2H3,(H,28,31). The topological polar surface area (TPSA) is 109 Å². The molecule has 0 fully saturated rings. The molecule has 2 N–H and O–H groups in total.